The number of allylic oxidation sites excluding steroid dienone is 5. The lowest BCUT2D eigenvalue weighted by Crippen LogP contribution is -2.72. The van der Waals surface area contributed by atoms with Crippen molar-refractivity contribution in [2.45, 2.75) is 132 Å². The van der Waals surface area contributed by atoms with Gasteiger partial charge in [0.2, 0.25) is 0 Å². The average molecular weight is 611 g/mol. The summed E-state index contributed by atoms with van der Waals surface area (Å²) in [7, 11) is 0. The van der Waals surface area contributed by atoms with Crippen molar-refractivity contribution >= 4 is 5.78 Å². The molecule has 3 aliphatic carbocycles. The third-order valence-corrected chi connectivity index (χ3v) is 11.4. The molecule has 8 nitrogen and oxygen atoms in total. The highest BCUT2D eigenvalue weighted by atomic mass is 16.9. The van der Waals surface area contributed by atoms with Crippen molar-refractivity contribution in [1.82, 2.24) is 0 Å². The molecule has 44 heavy (non-hydrogen) atoms. The minimum Gasteiger partial charge on any atom is -0.393 e. The quantitative estimate of drug-likeness (QED) is 0.116. The normalized spacial score (nSPS) is 46.9. The van der Waals surface area contributed by atoms with E-state index in [4.69, 9.17) is 18.9 Å². The third kappa shape index (κ3) is 4.39. The topological polar surface area (TPSA) is 118 Å². The minimum absolute atomic E-state index is 0.248. The van der Waals surface area contributed by atoms with Gasteiger partial charge in [-0.3, -0.25) is 4.79 Å². The van der Waals surface area contributed by atoms with Crippen molar-refractivity contribution in [2.75, 3.05) is 6.61 Å². The van der Waals surface area contributed by atoms with Gasteiger partial charge >= 0.3 is 5.97 Å². The number of hydrogen-bond donors (Lipinski definition) is 3. The summed E-state index contributed by atoms with van der Waals surface area (Å²) in [5, 5.41) is 34.3. The summed E-state index contributed by atoms with van der Waals surface area (Å²) in [5.74, 6) is -3.87. The number of aliphatic hydroxyl groups excluding tert-OH is 2. The molecule has 0 unspecified atom stereocenters. The highest BCUT2D eigenvalue weighted by molar-refractivity contribution is 6.05. The van der Waals surface area contributed by atoms with E-state index in [0.29, 0.717) is 12.0 Å². The molecule has 3 bridgehead atoms. The van der Waals surface area contributed by atoms with Gasteiger partial charge in [0.1, 0.15) is 29.5 Å². The summed E-state index contributed by atoms with van der Waals surface area (Å²) >= 11 is 0. The zero-order valence-electron chi connectivity index (χ0n) is 26.7. The predicted molar refractivity (Wildman–Crippen MR) is 165 cm³/mol. The average Bonchev–Trinajstić information content (AvgIpc) is 3.63. The number of carbonyl (C=O) groups is 1. The van der Waals surface area contributed by atoms with Gasteiger partial charge in [-0.05, 0) is 50.2 Å². The number of epoxide rings is 1. The fraction of sp³-hybridized carbons (Fsp3) is 0.694. The van der Waals surface area contributed by atoms with Crippen LogP contribution in [-0.2, 0) is 23.7 Å². The molecule has 6 rings (SSSR count). The van der Waals surface area contributed by atoms with Gasteiger partial charge in [0.05, 0.1) is 12.2 Å². The van der Waals surface area contributed by atoms with E-state index in [1.54, 1.807) is 19.1 Å². The second-order valence-corrected chi connectivity index (χ2v) is 14.1. The summed E-state index contributed by atoms with van der Waals surface area (Å²) in [4.78, 5) is 13.6. The van der Waals surface area contributed by atoms with Gasteiger partial charge in [0.25, 0.3) is 0 Å². The van der Waals surface area contributed by atoms with Crippen molar-refractivity contribution in [2.24, 2.45) is 17.8 Å². The van der Waals surface area contributed by atoms with Crippen LogP contribution in [0.2, 0.25) is 0 Å². The highest BCUT2D eigenvalue weighted by Crippen LogP contribution is 2.72. The first-order valence-electron chi connectivity index (χ1n) is 16.7. The molecule has 0 aromatic carbocycles. The molecular formula is C36H50O8. The van der Waals surface area contributed by atoms with E-state index in [1.807, 2.05) is 38.2 Å². The van der Waals surface area contributed by atoms with Gasteiger partial charge in [0.15, 0.2) is 11.4 Å². The SMILES string of the molecule is C=C(C)[C@]12C[C@@H](C)[C@@]34O[C@](C=CC=CC=CCCCCCCCCC)(O[C@@H]1[C@@H]3[C@@H]1O[C@]1(CO)[C@@H](O)[C@]1(O)C(=O)C(C)=C[C@H]14)O2. The zero-order valence-corrected chi connectivity index (χ0v) is 26.7. The Morgan fingerprint density at radius 3 is 2.45 bits per heavy atom. The van der Waals surface area contributed by atoms with Crippen LogP contribution in [0.25, 0.3) is 0 Å². The van der Waals surface area contributed by atoms with Crippen molar-refractivity contribution in [1.29, 1.82) is 0 Å². The van der Waals surface area contributed by atoms with Crippen LogP contribution in [0.4, 0.5) is 0 Å². The Labute approximate surface area is 261 Å². The standard InChI is InChI=1S/C36H50O8/c1-6-7-8-9-10-11-12-13-14-15-16-17-18-19-34-42-29-27-30-33(22-37,41-30)31(39)35(40)26(20-24(4)28(35)38)36(27,44-34)25(5)21-32(29,43-34)23(2)3/h14-20,25-27,29-31,37,39-40H,2,6-13,21-22H2,1,3-5H3/t25-,26-,27-,29-,30+,31-,32-,33+,34-,35-,36+/m1/s1. The maximum atomic E-state index is 13.6. The molecule has 0 spiro atoms. The number of rotatable bonds is 13. The van der Waals surface area contributed by atoms with Crippen LogP contribution in [0.3, 0.4) is 0 Å². The summed E-state index contributed by atoms with van der Waals surface area (Å²) in [5.41, 5.74) is -4.73. The summed E-state index contributed by atoms with van der Waals surface area (Å²) in [6.45, 7) is 11.6. The maximum Gasteiger partial charge on any atom is 0.306 e. The van der Waals surface area contributed by atoms with Crippen LogP contribution < -0.4 is 0 Å². The molecule has 3 heterocycles. The van der Waals surface area contributed by atoms with E-state index in [1.165, 1.54) is 44.9 Å². The van der Waals surface area contributed by atoms with Gasteiger partial charge < -0.3 is 34.3 Å². The molecule has 3 N–H and O–H groups in total. The first-order valence-corrected chi connectivity index (χ1v) is 16.7. The number of ketones is 1. The molecule has 8 heteroatoms. The van der Waals surface area contributed by atoms with E-state index in [2.05, 4.69) is 19.6 Å². The van der Waals surface area contributed by atoms with E-state index in [0.717, 1.165) is 12.0 Å². The number of unbranched alkanes of at least 4 members (excludes halogenated alkanes) is 7. The number of fused-ring (bicyclic) bond motifs is 3. The minimum atomic E-state index is -2.23. The Hall–Kier alpha value is -1.91. The Morgan fingerprint density at radius 2 is 1.75 bits per heavy atom. The van der Waals surface area contributed by atoms with Crippen LogP contribution in [0.15, 0.2) is 60.3 Å². The lowest BCUT2D eigenvalue weighted by molar-refractivity contribution is -0.406. The van der Waals surface area contributed by atoms with E-state index in [-0.39, 0.29) is 5.92 Å². The molecule has 0 radical (unpaired) electrons. The molecule has 6 aliphatic rings. The number of aliphatic hydroxyl groups is 3. The number of ether oxygens (including phenoxy) is 4. The molecule has 3 saturated heterocycles. The first kappa shape index (κ1) is 32.0. The van der Waals surface area contributed by atoms with E-state index in [9.17, 15) is 20.1 Å². The van der Waals surface area contributed by atoms with Gasteiger partial charge in [-0.2, -0.15) is 0 Å². The third-order valence-electron chi connectivity index (χ3n) is 11.4. The monoisotopic (exact) mass is 610 g/mol. The summed E-state index contributed by atoms with van der Waals surface area (Å²) in [6, 6.07) is 0. The summed E-state index contributed by atoms with van der Waals surface area (Å²) in [6.07, 6.45) is 21.0. The fourth-order valence-corrected chi connectivity index (χ4v) is 9.11. The summed E-state index contributed by atoms with van der Waals surface area (Å²) < 4.78 is 26.5. The second kappa shape index (κ2) is 11.4. The molecule has 5 fully saturated rings. The van der Waals surface area contributed by atoms with E-state index < -0.39 is 70.9 Å². The van der Waals surface area contributed by atoms with Crippen LogP contribution in [0.5, 0.6) is 0 Å². The van der Waals surface area contributed by atoms with Gasteiger partial charge in [0, 0.05) is 17.9 Å². The fourth-order valence-electron chi connectivity index (χ4n) is 9.11. The van der Waals surface area contributed by atoms with E-state index >= 15 is 0 Å². The molecular weight excluding hydrogens is 560 g/mol. The molecule has 11 atom stereocenters. The highest BCUT2D eigenvalue weighted by Gasteiger charge is 2.88. The lowest BCUT2D eigenvalue weighted by Gasteiger charge is -2.59. The van der Waals surface area contributed by atoms with Crippen molar-refractivity contribution in [3.8, 4) is 0 Å². The number of hydrogen-bond acceptors (Lipinski definition) is 8. The van der Waals surface area contributed by atoms with Gasteiger partial charge in [-0.25, -0.2) is 0 Å². The molecule has 2 saturated carbocycles. The predicted octanol–water partition coefficient (Wildman–Crippen LogP) is 4.99. The smallest absolute Gasteiger partial charge is 0.306 e. The molecule has 3 aliphatic heterocycles. The lowest BCUT2D eigenvalue weighted by atomic mass is 9.54. The molecule has 0 aromatic rings. The zero-order chi connectivity index (χ0) is 31.5. The van der Waals surface area contributed by atoms with Gasteiger partial charge in [-0.15, -0.1) is 0 Å². The first-order chi connectivity index (χ1) is 21.0. The van der Waals surface area contributed by atoms with Crippen LogP contribution in [0, 0.1) is 17.8 Å². The van der Waals surface area contributed by atoms with Crippen LogP contribution >= 0.6 is 0 Å². The molecule has 0 aromatic heterocycles. The number of carbonyl (C=O) groups excluding carboxylic acids is 1. The second-order valence-electron chi connectivity index (χ2n) is 14.1. The van der Waals surface area contributed by atoms with Crippen LogP contribution in [0.1, 0.15) is 85.5 Å². The molecule has 0 amide bonds. The number of Topliss-reactive ketones (excluding diaryl/α,β-unsaturated/α-hetero) is 1. The van der Waals surface area contributed by atoms with Gasteiger partial charge in [-0.1, -0.05) is 95.4 Å². The van der Waals surface area contributed by atoms with Crippen molar-refractivity contribution in [3.05, 3.63) is 60.3 Å². The van der Waals surface area contributed by atoms with Crippen molar-refractivity contribution < 1.29 is 39.1 Å². The maximum absolute atomic E-state index is 13.6. The Balaban J connectivity index is 1.26. The van der Waals surface area contributed by atoms with Crippen LogP contribution in [-0.4, -0.2) is 74.4 Å². The largest absolute Gasteiger partial charge is 0.393 e. The van der Waals surface area contributed by atoms with Crippen molar-refractivity contribution in [3.63, 3.8) is 0 Å². The Morgan fingerprint density at radius 1 is 1.05 bits per heavy atom. The Bertz CT molecular complexity index is 1280. The Kier molecular flexibility index (Phi) is 8.31. The molecule has 242 valence electrons.